The molecule has 1 heterocycles. The van der Waals surface area contributed by atoms with Crippen LogP contribution in [0.2, 0.25) is 0 Å². The second kappa shape index (κ2) is 10.8. The Balaban J connectivity index is 1.58. The maximum atomic E-state index is 12.4. The van der Waals surface area contributed by atoms with E-state index in [1.807, 2.05) is 37.3 Å². The van der Waals surface area contributed by atoms with E-state index in [9.17, 15) is 14.4 Å². The van der Waals surface area contributed by atoms with Gasteiger partial charge in [-0.3, -0.25) is 9.59 Å². The number of ether oxygens (including phenoxy) is 2. The van der Waals surface area contributed by atoms with Crippen LogP contribution in [-0.2, 0) is 11.3 Å². The Morgan fingerprint density at radius 1 is 1.03 bits per heavy atom. The summed E-state index contributed by atoms with van der Waals surface area (Å²) in [7, 11) is 0. The Hall–Kier alpha value is -3.87. The van der Waals surface area contributed by atoms with Crippen molar-refractivity contribution in [3.05, 3.63) is 94.0 Å². The smallest absolute Gasteiger partial charge is 0.338 e. The summed E-state index contributed by atoms with van der Waals surface area (Å²) in [6, 6.07) is 16.7. The largest absolute Gasteiger partial charge is 0.482 e. The molecule has 0 saturated heterocycles. The molecule has 1 N–H and O–H groups in total. The number of amides is 1. The van der Waals surface area contributed by atoms with Crippen LogP contribution >= 0.6 is 0 Å². The summed E-state index contributed by atoms with van der Waals surface area (Å²) < 4.78 is 15.9. The third-order valence-electron chi connectivity index (χ3n) is 4.37. The van der Waals surface area contributed by atoms with Crippen LogP contribution < -0.4 is 15.5 Å². The lowest BCUT2D eigenvalue weighted by Crippen LogP contribution is -2.16. The molecule has 2 aromatic carbocycles. The third kappa shape index (κ3) is 6.30. The van der Waals surface area contributed by atoms with E-state index in [-0.39, 0.29) is 18.1 Å². The Kier molecular flexibility index (Phi) is 7.59. The molecule has 7 nitrogen and oxygen atoms in total. The first-order valence-electron chi connectivity index (χ1n) is 9.95. The highest BCUT2D eigenvalue weighted by Crippen LogP contribution is 2.14. The Labute approximate surface area is 179 Å². The van der Waals surface area contributed by atoms with E-state index in [2.05, 4.69) is 5.32 Å². The number of benzene rings is 2. The van der Waals surface area contributed by atoms with Crippen LogP contribution in [-0.4, -0.2) is 18.5 Å². The SMILES string of the molecule is CCCCOC(=O)c1ccc(NC(=O)c2cc(=O)c(OCc3ccccc3)co2)cc1. The van der Waals surface area contributed by atoms with Crippen molar-refractivity contribution < 1.29 is 23.5 Å². The van der Waals surface area contributed by atoms with Gasteiger partial charge in [0.05, 0.1) is 12.2 Å². The molecule has 0 aliphatic carbocycles. The topological polar surface area (TPSA) is 94.8 Å². The van der Waals surface area contributed by atoms with Crippen LogP contribution in [0.4, 0.5) is 5.69 Å². The van der Waals surface area contributed by atoms with E-state index in [4.69, 9.17) is 13.9 Å². The number of esters is 1. The van der Waals surface area contributed by atoms with Gasteiger partial charge in [-0.15, -0.1) is 0 Å². The van der Waals surface area contributed by atoms with Crippen LogP contribution in [0.5, 0.6) is 5.75 Å². The summed E-state index contributed by atoms with van der Waals surface area (Å²) in [6.07, 6.45) is 2.87. The van der Waals surface area contributed by atoms with Crippen molar-refractivity contribution in [3.8, 4) is 5.75 Å². The highest BCUT2D eigenvalue weighted by atomic mass is 16.5. The molecule has 31 heavy (non-hydrogen) atoms. The summed E-state index contributed by atoms with van der Waals surface area (Å²) in [5.41, 5.74) is 1.28. The summed E-state index contributed by atoms with van der Waals surface area (Å²) >= 11 is 0. The van der Waals surface area contributed by atoms with Crippen LogP contribution in [0, 0.1) is 0 Å². The number of hydrogen-bond acceptors (Lipinski definition) is 6. The number of carbonyl (C=O) groups is 2. The van der Waals surface area contributed by atoms with E-state index in [1.165, 1.54) is 0 Å². The fraction of sp³-hybridized carbons (Fsp3) is 0.208. The highest BCUT2D eigenvalue weighted by molar-refractivity contribution is 6.02. The number of carbonyl (C=O) groups excluding carboxylic acids is 2. The molecule has 0 unspecified atom stereocenters. The van der Waals surface area contributed by atoms with E-state index in [0.717, 1.165) is 30.7 Å². The fourth-order valence-corrected chi connectivity index (χ4v) is 2.63. The molecule has 3 rings (SSSR count). The summed E-state index contributed by atoms with van der Waals surface area (Å²) in [4.78, 5) is 36.5. The summed E-state index contributed by atoms with van der Waals surface area (Å²) in [6.45, 7) is 2.60. The Bertz CT molecular complexity index is 1070. The van der Waals surface area contributed by atoms with Crippen molar-refractivity contribution in [2.75, 3.05) is 11.9 Å². The van der Waals surface area contributed by atoms with Crippen LogP contribution in [0.3, 0.4) is 0 Å². The van der Waals surface area contributed by atoms with Gasteiger partial charge in [-0.05, 0) is 36.2 Å². The highest BCUT2D eigenvalue weighted by Gasteiger charge is 2.13. The fourth-order valence-electron chi connectivity index (χ4n) is 2.63. The number of nitrogens with one attached hydrogen (secondary N) is 1. The van der Waals surface area contributed by atoms with Gasteiger partial charge in [0.15, 0.2) is 5.76 Å². The standard InChI is InChI=1S/C24H23NO6/c1-2-3-13-29-24(28)18-9-11-19(12-10-18)25-23(27)21-14-20(26)22(16-31-21)30-15-17-7-5-4-6-8-17/h4-12,14,16H,2-3,13,15H2,1H3,(H,25,27). The first-order valence-corrected chi connectivity index (χ1v) is 9.95. The lowest BCUT2D eigenvalue weighted by atomic mass is 10.2. The third-order valence-corrected chi connectivity index (χ3v) is 4.37. The first kappa shape index (κ1) is 21.8. The van der Waals surface area contributed by atoms with E-state index in [1.54, 1.807) is 24.3 Å². The zero-order chi connectivity index (χ0) is 22.1. The molecule has 0 radical (unpaired) electrons. The first-order chi connectivity index (χ1) is 15.1. The lowest BCUT2D eigenvalue weighted by Gasteiger charge is -2.08. The number of rotatable bonds is 9. The van der Waals surface area contributed by atoms with E-state index in [0.29, 0.717) is 17.9 Å². The monoisotopic (exact) mass is 421 g/mol. The predicted octanol–water partition coefficient (Wildman–Crippen LogP) is 4.43. The molecule has 0 bridgehead atoms. The number of hydrogen-bond donors (Lipinski definition) is 1. The molecule has 0 spiro atoms. The molecule has 7 heteroatoms. The Morgan fingerprint density at radius 2 is 1.77 bits per heavy atom. The molecule has 1 amide bonds. The van der Waals surface area contributed by atoms with Crippen molar-refractivity contribution in [1.29, 1.82) is 0 Å². The van der Waals surface area contributed by atoms with Crippen molar-refractivity contribution in [2.24, 2.45) is 0 Å². The molecule has 1 aromatic heterocycles. The summed E-state index contributed by atoms with van der Waals surface area (Å²) in [5.74, 6) is -1.14. The van der Waals surface area contributed by atoms with Crippen molar-refractivity contribution >= 4 is 17.6 Å². The maximum Gasteiger partial charge on any atom is 0.338 e. The molecule has 0 aliphatic heterocycles. The Morgan fingerprint density at radius 3 is 2.45 bits per heavy atom. The molecule has 0 saturated carbocycles. The normalized spacial score (nSPS) is 10.4. The molecule has 0 atom stereocenters. The van der Waals surface area contributed by atoms with Gasteiger partial charge in [-0.25, -0.2) is 4.79 Å². The summed E-state index contributed by atoms with van der Waals surface area (Å²) in [5, 5.41) is 2.62. The molecular formula is C24H23NO6. The molecule has 160 valence electrons. The van der Waals surface area contributed by atoms with Crippen molar-refractivity contribution in [3.63, 3.8) is 0 Å². The maximum absolute atomic E-state index is 12.4. The van der Waals surface area contributed by atoms with Gasteiger partial charge in [0.25, 0.3) is 5.91 Å². The van der Waals surface area contributed by atoms with Gasteiger partial charge >= 0.3 is 5.97 Å². The van der Waals surface area contributed by atoms with Gasteiger partial charge in [0.1, 0.15) is 12.9 Å². The second-order valence-electron chi connectivity index (χ2n) is 6.77. The van der Waals surface area contributed by atoms with E-state index < -0.39 is 17.3 Å². The zero-order valence-electron chi connectivity index (χ0n) is 17.1. The van der Waals surface area contributed by atoms with Crippen LogP contribution in [0.15, 0.2) is 76.1 Å². The number of unbranched alkanes of at least 4 members (excludes halogenated alkanes) is 1. The van der Waals surface area contributed by atoms with Crippen LogP contribution in [0.25, 0.3) is 0 Å². The molecule has 3 aromatic rings. The average Bonchev–Trinajstić information content (AvgIpc) is 2.79. The minimum atomic E-state index is -0.593. The van der Waals surface area contributed by atoms with Gasteiger partial charge < -0.3 is 19.2 Å². The zero-order valence-corrected chi connectivity index (χ0v) is 17.1. The minimum Gasteiger partial charge on any atom is -0.482 e. The molecule has 0 fully saturated rings. The number of anilines is 1. The predicted molar refractivity (Wildman–Crippen MR) is 115 cm³/mol. The van der Waals surface area contributed by atoms with Gasteiger partial charge in [-0.1, -0.05) is 43.7 Å². The van der Waals surface area contributed by atoms with E-state index >= 15 is 0 Å². The minimum absolute atomic E-state index is 0.0198. The molecular weight excluding hydrogens is 398 g/mol. The average molecular weight is 421 g/mol. The van der Waals surface area contributed by atoms with Gasteiger partial charge in [0, 0.05) is 11.8 Å². The molecule has 0 aliphatic rings. The van der Waals surface area contributed by atoms with Gasteiger partial charge in [-0.2, -0.15) is 0 Å². The second-order valence-corrected chi connectivity index (χ2v) is 6.77. The lowest BCUT2D eigenvalue weighted by molar-refractivity contribution is 0.0499. The van der Waals surface area contributed by atoms with Crippen molar-refractivity contribution in [1.82, 2.24) is 0 Å². The quantitative estimate of drug-likeness (QED) is 0.406. The van der Waals surface area contributed by atoms with Gasteiger partial charge in [0.2, 0.25) is 11.2 Å². The van der Waals surface area contributed by atoms with Crippen molar-refractivity contribution in [2.45, 2.75) is 26.4 Å². The van der Waals surface area contributed by atoms with Crippen LogP contribution in [0.1, 0.15) is 46.2 Å².